The van der Waals surface area contributed by atoms with Crippen LogP contribution < -0.4 is 11.1 Å². The van der Waals surface area contributed by atoms with Crippen LogP contribution in [0.4, 0.5) is 11.6 Å². The third-order valence-corrected chi connectivity index (χ3v) is 4.54. The van der Waals surface area contributed by atoms with Crippen molar-refractivity contribution in [3.63, 3.8) is 0 Å². The fourth-order valence-corrected chi connectivity index (χ4v) is 3.30. The molecule has 7 heteroatoms. The SMILES string of the molecule is NCCn1ccc2c(-c3ccnc(Nc4cccc(Br)c4)n3)ccnc21. The van der Waals surface area contributed by atoms with Crippen molar-refractivity contribution in [3.8, 4) is 11.3 Å². The van der Waals surface area contributed by atoms with E-state index < -0.39 is 0 Å². The van der Waals surface area contributed by atoms with Crippen LogP contribution in [0.3, 0.4) is 0 Å². The highest BCUT2D eigenvalue weighted by atomic mass is 79.9. The Balaban J connectivity index is 1.71. The molecule has 0 bridgehead atoms. The minimum absolute atomic E-state index is 0.548. The number of hydrogen-bond donors (Lipinski definition) is 2. The molecular weight excluding hydrogens is 392 g/mol. The van der Waals surface area contributed by atoms with Crippen LogP contribution in [0.1, 0.15) is 0 Å². The van der Waals surface area contributed by atoms with Crippen molar-refractivity contribution in [2.24, 2.45) is 5.73 Å². The summed E-state index contributed by atoms with van der Waals surface area (Å²) in [5, 5.41) is 4.29. The topological polar surface area (TPSA) is 81.7 Å². The molecule has 0 aliphatic heterocycles. The summed E-state index contributed by atoms with van der Waals surface area (Å²) in [4.78, 5) is 13.5. The molecule has 0 unspecified atom stereocenters. The Morgan fingerprint density at radius 1 is 1.08 bits per heavy atom. The lowest BCUT2D eigenvalue weighted by Gasteiger charge is -2.08. The van der Waals surface area contributed by atoms with Crippen molar-refractivity contribution < 1.29 is 0 Å². The molecule has 0 radical (unpaired) electrons. The van der Waals surface area contributed by atoms with Gasteiger partial charge in [-0.2, -0.15) is 0 Å². The van der Waals surface area contributed by atoms with Crippen molar-refractivity contribution >= 4 is 38.6 Å². The van der Waals surface area contributed by atoms with E-state index in [1.807, 2.05) is 42.6 Å². The first-order chi connectivity index (χ1) is 12.7. The summed E-state index contributed by atoms with van der Waals surface area (Å²) in [6.45, 7) is 1.31. The maximum atomic E-state index is 5.68. The van der Waals surface area contributed by atoms with Gasteiger partial charge in [0, 0.05) is 52.8 Å². The summed E-state index contributed by atoms with van der Waals surface area (Å²) in [6.07, 6.45) is 5.57. The molecule has 3 heterocycles. The van der Waals surface area contributed by atoms with Gasteiger partial charge in [-0.1, -0.05) is 22.0 Å². The highest BCUT2D eigenvalue weighted by Crippen LogP contribution is 2.27. The number of pyridine rings is 1. The third kappa shape index (κ3) is 3.31. The number of fused-ring (bicyclic) bond motifs is 1. The number of rotatable bonds is 5. The summed E-state index contributed by atoms with van der Waals surface area (Å²) in [5.41, 5.74) is 9.38. The Bertz CT molecular complexity index is 1060. The highest BCUT2D eigenvalue weighted by Gasteiger charge is 2.10. The largest absolute Gasteiger partial charge is 0.331 e. The van der Waals surface area contributed by atoms with E-state index in [1.54, 1.807) is 12.4 Å². The van der Waals surface area contributed by atoms with Gasteiger partial charge in [0.2, 0.25) is 5.95 Å². The minimum Gasteiger partial charge on any atom is -0.331 e. The van der Waals surface area contributed by atoms with Gasteiger partial charge in [-0.25, -0.2) is 15.0 Å². The van der Waals surface area contributed by atoms with Crippen LogP contribution in [0.25, 0.3) is 22.3 Å². The van der Waals surface area contributed by atoms with Gasteiger partial charge in [-0.05, 0) is 36.4 Å². The van der Waals surface area contributed by atoms with Gasteiger partial charge < -0.3 is 15.6 Å². The van der Waals surface area contributed by atoms with Crippen molar-refractivity contribution in [2.45, 2.75) is 6.54 Å². The number of hydrogen-bond acceptors (Lipinski definition) is 5. The fourth-order valence-electron chi connectivity index (χ4n) is 2.90. The lowest BCUT2D eigenvalue weighted by molar-refractivity contribution is 0.728. The maximum absolute atomic E-state index is 5.68. The lowest BCUT2D eigenvalue weighted by atomic mass is 10.1. The van der Waals surface area contributed by atoms with Gasteiger partial charge in [0.25, 0.3) is 0 Å². The van der Waals surface area contributed by atoms with Crippen LogP contribution in [-0.4, -0.2) is 26.1 Å². The molecule has 4 rings (SSSR count). The van der Waals surface area contributed by atoms with E-state index in [1.165, 1.54) is 0 Å². The molecule has 0 aliphatic rings. The molecule has 3 aromatic heterocycles. The number of benzene rings is 1. The molecule has 3 N–H and O–H groups in total. The van der Waals surface area contributed by atoms with E-state index >= 15 is 0 Å². The second kappa shape index (κ2) is 7.23. The van der Waals surface area contributed by atoms with E-state index in [4.69, 9.17) is 5.73 Å². The molecule has 0 saturated carbocycles. The second-order valence-electron chi connectivity index (χ2n) is 5.79. The zero-order valence-corrected chi connectivity index (χ0v) is 15.5. The number of anilines is 2. The third-order valence-electron chi connectivity index (χ3n) is 4.04. The smallest absolute Gasteiger partial charge is 0.227 e. The Morgan fingerprint density at radius 3 is 2.81 bits per heavy atom. The zero-order chi connectivity index (χ0) is 17.9. The van der Waals surface area contributed by atoms with Crippen molar-refractivity contribution in [1.82, 2.24) is 19.5 Å². The first-order valence-electron chi connectivity index (χ1n) is 8.24. The number of nitrogens with zero attached hydrogens (tertiary/aromatic N) is 4. The first-order valence-corrected chi connectivity index (χ1v) is 9.04. The van der Waals surface area contributed by atoms with Gasteiger partial charge in [0.15, 0.2) is 0 Å². The van der Waals surface area contributed by atoms with Crippen LogP contribution >= 0.6 is 15.9 Å². The summed E-state index contributed by atoms with van der Waals surface area (Å²) >= 11 is 3.47. The molecular formula is C19H17BrN6. The number of nitrogens with one attached hydrogen (secondary N) is 1. The molecule has 4 aromatic rings. The molecule has 26 heavy (non-hydrogen) atoms. The van der Waals surface area contributed by atoms with Crippen molar-refractivity contribution in [1.29, 1.82) is 0 Å². The van der Waals surface area contributed by atoms with Crippen LogP contribution in [0.5, 0.6) is 0 Å². The van der Waals surface area contributed by atoms with Crippen molar-refractivity contribution in [2.75, 3.05) is 11.9 Å². The van der Waals surface area contributed by atoms with Gasteiger partial charge in [-0.3, -0.25) is 0 Å². The summed E-state index contributed by atoms with van der Waals surface area (Å²) in [7, 11) is 0. The number of halogens is 1. The van der Waals surface area contributed by atoms with Crippen molar-refractivity contribution in [3.05, 3.63) is 65.5 Å². The molecule has 0 fully saturated rings. The van der Waals surface area contributed by atoms with Crippen LogP contribution in [0, 0.1) is 0 Å². The predicted molar refractivity (Wildman–Crippen MR) is 107 cm³/mol. The highest BCUT2D eigenvalue weighted by molar-refractivity contribution is 9.10. The number of aromatic nitrogens is 4. The predicted octanol–water partition coefficient (Wildman–Crippen LogP) is 3.96. The molecule has 0 aliphatic carbocycles. The summed E-state index contributed by atoms with van der Waals surface area (Å²) < 4.78 is 3.05. The van der Waals surface area contributed by atoms with Crippen LogP contribution in [0.2, 0.25) is 0 Å². The minimum atomic E-state index is 0.548. The van der Waals surface area contributed by atoms with E-state index in [0.29, 0.717) is 12.5 Å². The Kier molecular flexibility index (Phi) is 4.64. The van der Waals surface area contributed by atoms with Gasteiger partial charge in [0.05, 0.1) is 5.69 Å². The quantitative estimate of drug-likeness (QED) is 0.522. The zero-order valence-electron chi connectivity index (χ0n) is 13.9. The van der Waals surface area contributed by atoms with E-state index in [0.717, 1.165) is 39.0 Å². The summed E-state index contributed by atoms with van der Waals surface area (Å²) in [6, 6.07) is 13.8. The van der Waals surface area contributed by atoms with Crippen LogP contribution in [-0.2, 0) is 6.54 Å². The Labute approximate surface area is 159 Å². The standard InChI is InChI=1S/C19H17BrN6/c20-13-2-1-3-14(12-13)24-19-23-9-5-17(25-19)15-4-8-22-18-16(15)6-10-26(18)11-7-21/h1-6,8-10,12H,7,11,21H2,(H,23,24,25). The molecule has 0 amide bonds. The number of nitrogens with two attached hydrogens (primary N) is 1. The monoisotopic (exact) mass is 408 g/mol. The molecule has 6 nitrogen and oxygen atoms in total. The van der Waals surface area contributed by atoms with Gasteiger partial charge in [0.1, 0.15) is 5.65 Å². The Hall–Kier alpha value is -2.77. The first kappa shape index (κ1) is 16.7. The van der Waals surface area contributed by atoms with E-state index in [2.05, 4.69) is 46.8 Å². The van der Waals surface area contributed by atoms with Gasteiger partial charge >= 0.3 is 0 Å². The molecule has 0 saturated heterocycles. The molecule has 0 atom stereocenters. The average molecular weight is 409 g/mol. The van der Waals surface area contributed by atoms with E-state index in [9.17, 15) is 0 Å². The van der Waals surface area contributed by atoms with E-state index in [-0.39, 0.29) is 0 Å². The molecule has 130 valence electrons. The normalized spacial score (nSPS) is 11.0. The molecule has 0 spiro atoms. The van der Waals surface area contributed by atoms with Crippen LogP contribution in [0.15, 0.2) is 65.5 Å². The molecule has 1 aromatic carbocycles. The lowest BCUT2D eigenvalue weighted by Crippen LogP contribution is -2.09. The summed E-state index contributed by atoms with van der Waals surface area (Å²) in [5.74, 6) is 0.548. The van der Waals surface area contributed by atoms with Gasteiger partial charge in [-0.15, -0.1) is 0 Å². The second-order valence-corrected chi connectivity index (χ2v) is 6.71. The Morgan fingerprint density at radius 2 is 1.96 bits per heavy atom. The fraction of sp³-hybridized carbons (Fsp3) is 0.105. The maximum Gasteiger partial charge on any atom is 0.227 e. The average Bonchev–Trinajstić information content (AvgIpc) is 3.05.